The lowest BCUT2D eigenvalue weighted by Gasteiger charge is -2.27. The Balaban J connectivity index is 1.38. The molecule has 2 fully saturated rings. The zero-order valence-corrected chi connectivity index (χ0v) is 18.0. The van der Waals surface area contributed by atoms with Gasteiger partial charge in [-0.05, 0) is 31.4 Å². The van der Waals surface area contributed by atoms with Gasteiger partial charge in [0.25, 0.3) is 15.9 Å². The Morgan fingerprint density at radius 2 is 1.83 bits per heavy atom. The molecule has 3 aliphatic heterocycles. The molecule has 3 aliphatic rings. The number of hydrogen-bond acceptors (Lipinski definition) is 6. The Morgan fingerprint density at radius 1 is 1.13 bits per heavy atom. The van der Waals surface area contributed by atoms with Gasteiger partial charge in [0.15, 0.2) is 0 Å². The fourth-order valence-electron chi connectivity index (χ4n) is 4.13. The molecule has 2 saturated heterocycles. The molecular formula is C19H23N3O6S2. The predicted octanol–water partition coefficient (Wildman–Crippen LogP) is 0.151. The van der Waals surface area contributed by atoms with Crippen molar-refractivity contribution in [3.8, 4) is 0 Å². The van der Waals surface area contributed by atoms with Crippen LogP contribution in [0.25, 0.3) is 0 Å². The molecule has 30 heavy (non-hydrogen) atoms. The van der Waals surface area contributed by atoms with Crippen LogP contribution >= 0.6 is 0 Å². The molecule has 3 heterocycles. The maximum atomic E-state index is 12.7. The third kappa shape index (κ3) is 3.64. The summed E-state index contributed by atoms with van der Waals surface area (Å²) in [6, 6.07) is 5.29. The number of fused-ring (bicyclic) bond motifs is 1. The first kappa shape index (κ1) is 21.0. The highest BCUT2D eigenvalue weighted by atomic mass is 32.2. The normalized spacial score (nSPS) is 25.1. The van der Waals surface area contributed by atoms with E-state index >= 15 is 0 Å². The second-order valence-corrected chi connectivity index (χ2v) is 10.9. The SMILES string of the molecule is O=C(C1CS(=O)CN1C(=O)CCCN1C(=O)c2ccccc2S1(=O)=O)N1CCCC1. The Kier molecular flexibility index (Phi) is 5.67. The van der Waals surface area contributed by atoms with Gasteiger partial charge in [0, 0.05) is 36.9 Å². The molecule has 4 rings (SSSR count). The van der Waals surface area contributed by atoms with E-state index in [1.807, 2.05) is 0 Å². The van der Waals surface area contributed by atoms with E-state index in [1.165, 1.54) is 17.0 Å². The monoisotopic (exact) mass is 453 g/mol. The van der Waals surface area contributed by atoms with Gasteiger partial charge in [0.1, 0.15) is 10.9 Å². The third-order valence-electron chi connectivity index (χ3n) is 5.69. The highest BCUT2D eigenvalue weighted by Crippen LogP contribution is 2.30. The fraction of sp³-hybridized carbons (Fsp3) is 0.526. The van der Waals surface area contributed by atoms with E-state index in [-0.39, 0.29) is 53.3 Å². The van der Waals surface area contributed by atoms with Crippen LogP contribution in [0.5, 0.6) is 0 Å². The van der Waals surface area contributed by atoms with Crippen molar-refractivity contribution < 1.29 is 27.0 Å². The standard InChI is InChI=1S/C19H23N3O6S2/c23-17(21-13-29(26)12-15(21)19(25)20-9-3-4-10-20)8-5-11-22-18(24)14-6-1-2-7-16(14)30(22,27)28/h1-2,6-7,15H,3-5,8-13H2. The van der Waals surface area contributed by atoms with E-state index in [4.69, 9.17) is 0 Å². The van der Waals surface area contributed by atoms with Crippen molar-refractivity contribution in [1.82, 2.24) is 14.1 Å². The maximum Gasteiger partial charge on any atom is 0.269 e. The summed E-state index contributed by atoms with van der Waals surface area (Å²) < 4.78 is 38.0. The summed E-state index contributed by atoms with van der Waals surface area (Å²) in [6.07, 6.45) is 1.95. The van der Waals surface area contributed by atoms with Gasteiger partial charge in [-0.3, -0.25) is 18.6 Å². The average molecular weight is 454 g/mol. The Hall–Kier alpha value is -2.27. The van der Waals surface area contributed by atoms with Gasteiger partial charge >= 0.3 is 0 Å². The zero-order valence-electron chi connectivity index (χ0n) is 16.4. The molecule has 9 nitrogen and oxygen atoms in total. The molecule has 3 amide bonds. The second-order valence-electron chi connectivity index (χ2n) is 7.63. The lowest BCUT2D eigenvalue weighted by molar-refractivity contribution is -0.142. The maximum absolute atomic E-state index is 12.7. The Labute approximate surface area is 177 Å². The molecule has 1 aromatic rings. The molecule has 0 aromatic heterocycles. The van der Waals surface area contributed by atoms with Crippen molar-refractivity contribution in [2.75, 3.05) is 31.3 Å². The van der Waals surface area contributed by atoms with E-state index in [0.29, 0.717) is 13.1 Å². The van der Waals surface area contributed by atoms with E-state index in [1.54, 1.807) is 17.0 Å². The molecule has 2 atom stereocenters. The first-order valence-corrected chi connectivity index (χ1v) is 12.8. The molecule has 11 heteroatoms. The van der Waals surface area contributed by atoms with Crippen molar-refractivity contribution >= 4 is 38.5 Å². The highest BCUT2D eigenvalue weighted by molar-refractivity contribution is 7.90. The quantitative estimate of drug-likeness (QED) is 0.627. The molecule has 0 radical (unpaired) electrons. The van der Waals surface area contributed by atoms with Gasteiger partial charge in [-0.15, -0.1) is 0 Å². The van der Waals surface area contributed by atoms with Gasteiger partial charge in [-0.25, -0.2) is 12.7 Å². The first-order chi connectivity index (χ1) is 14.3. The number of likely N-dealkylation sites (tertiary alicyclic amines) is 1. The van der Waals surface area contributed by atoms with Crippen LogP contribution in [0.1, 0.15) is 36.0 Å². The molecule has 0 bridgehead atoms. The second kappa shape index (κ2) is 8.10. The first-order valence-electron chi connectivity index (χ1n) is 9.90. The molecule has 162 valence electrons. The highest BCUT2D eigenvalue weighted by Gasteiger charge is 2.42. The topological polar surface area (TPSA) is 112 Å². The van der Waals surface area contributed by atoms with Crippen LogP contribution in [-0.2, 0) is 30.4 Å². The zero-order chi connectivity index (χ0) is 21.5. The number of rotatable bonds is 5. The van der Waals surface area contributed by atoms with Crippen molar-refractivity contribution in [3.05, 3.63) is 29.8 Å². The van der Waals surface area contributed by atoms with Gasteiger partial charge in [0.05, 0.1) is 17.2 Å². The number of carbonyl (C=O) groups excluding carboxylic acids is 3. The molecule has 2 unspecified atom stereocenters. The fourth-order valence-corrected chi connectivity index (χ4v) is 7.15. The van der Waals surface area contributed by atoms with Crippen LogP contribution in [0.4, 0.5) is 0 Å². The van der Waals surface area contributed by atoms with E-state index in [0.717, 1.165) is 17.1 Å². The molecule has 0 N–H and O–H groups in total. The number of nitrogens with zero attached hydrogens (tertiary/aromatic N) is 3. The summed E-state index contributed by atoms with van der Waals surface area (Å²) >= 11 is 0. The number of carbonyl (C=O) groups is 3. The Bertz CT molecular complexity index is 1020. The molecule has 0 spiro atoms. The summed E-state index contributed by atoms with van der Waals surface area (Å²) in [5, 5.41) is 0. The minimum Gasteiger partial charge on any atom is -0.341 e. The van der Waals surface area contributed by atoms with Crippen LogP contribution in [0.15, 0.2) is 29.2 Å². The van der Waals surface area contributed by atoms with E-state index in [9.17, 15) is 27.0 Å². The van der Waals surface area contributed by atoms with Gasteiger partial charge in [0.2, 0.25) is 11.8 Å². The molecule has 0 saturated carbocycles. The Morgan fingerprint density at radius 3 is 2.53 bits per heavy atom. The number of amides is 3. The van der Waals surface area contributed by atoms with Crippen molar-refractivity contribution in [2.45, 2.75) is 36.6 Å². The summed E-state index contributed by atoms with van der Waals surface area (Å²) in [5.74, 6) is -0.966. The van der Waals surface area contributed by atoms with E-state index in [2.05, 4.69) is 0 Å². The molecule has 0 aliphatic carbocycles. The average Bonchev–Trinajstić information content (AvgIpc) is 3.43. The van der Waals surface area contributed by atoms with Gasteiger partial charge in [-0.1, -0.05) is 12.1 Å². The van der Waals surface area contributed by atoms with Crippen LogP contribution in [-0.4, -0.2) is 81.8 Å². The smallest absolute Gasteiger partial charge is 0.269 e. The number of hydrogen-bond donors (Lipinski definition) is 0. The van der Waals surface area contributed by atoms with Crippen LogP contribution in [0.3, 0.4) is 0 Å². The summed E-state index contributed by atoms with van der Waals surface area (Å²) in [6.45, 7) is 1.18. The van der Waals surface area contributed by atoms with Crippen molar-refractivity contribution in [2.24, 2.45) is 0 Å². The molecule has 1 aromatic carbocycles. The number of benzene rings is 1. The van der Waals surface area contributed by atoms with Crippen LogP contribution < -0.4 is 0 Å². The van der Waals surface area contributed by atoms with Gasteiger partial charge < -0.3 is 9.80 Å². The van der Waals surface area contributed by atoms with Crippen LogP contribution in [0, 0.1) is 0 Å². The van der Waals surface area contributed by atoms with Crippen LogP contribution in [0.2, 0.25) is 0 Å². The van der Waals surface area contributed by atoms with E-state index < -0.39 is 32.8 Å². The number of sulfonamides is 1. The lowest BCUT2D eigenvalue weighted by Crippen LogP contribution is -2.48. The summed E-state index contributed by atoms with van der Waals surface area (Å²) in [7, 11) is -5.19. The summed E-state index contributed by atoms with van der Waals surface area (Å²) in [5.41, 5.74) is 0.134. The third-order valence-corrected chi connectivity index (χ3v) is 8.78. The predicted molar refractivity (Wildman–Crippen MR) is 108 cm³/mol. The largest absolute Gasteiger partial charge is 0.341 e. The summed E-state index contributed by atoms with van der Waals surface area (Å²) in [4.78, 5) is 40.9. The minimum absolute atomic E-state index is 0.00939. The lowest BCUT2D eigenvalue weighted by atomic mass is 10.2. The minimum atomic E-state index is -3.91. The van der Waals surface area contributed by atoms with Crippen molar-refractivity contribution in [1.29, 1.82) is 0 Å². The molecular weight excluding hydrogens is 430 g/mol. The van der Waals surface area contributed by atoms with Crippen molar-refractivity contribution in [3.63, 3.8) is 0 Å². The van der Waals surface area contributed by atoms with Gasteiger partial charge in [-0.2, -0.15) is 0 Å².